The average molecular weight is 353 g/mol. The Morgan fingerprint density at radius 1 is 1.24 bits per heavy atom. The summed E-state index contributed by atoms with van der Waals surface area (Å²) in [5.41, 5.74) is 3.46. The number of aryl methyl sites for hydroxylation is 2. The first-order valence-electron chi connectivity index (χ1n) is 8.93. The van der Waals surface area contributed by atoms with Crippen molar-refractivity contribution in [3.05, 3.63) is 52.0 Å². The van der Waals surface area contributed by atoms with Gasteiger partial charge in [0.2, 0.25) is 0 Å². The van der Waals surface area contributed by atoms with E-state index in [1.165, 1.54) is 24.0 Å². The Morgan fingerprint density at radius 3 is 2.68 bits per heavy atom. The van der Waals surface area contributed by atoms with Gasteiger partial charge in [-0.1, -0.05) is 42.7 Å². The van der Waals surface area contributed by atoms with Crippen molar-refractivity contribution < 1.29 is 4.79 Å². The minimum atomic E-state index is 0.0642. The summed E-state index contributed by atoms with van der Waals surface area (Å²) in [7, 11) is 0. The van der Waals surface area contributed by atoms with Crippen molar-refractivity contribution in [1.82, 2.24) is 15.1 Å². The Labute approximate surface area is 151 Å². The van der Waals surface area contributed by atoms with Crippen molar-refractivity contribution >= 4 is 27.5 Å². The lowest BCUT2D eigenvalue weighted by atomic mass is 10.1. The van der Waals surface area contributed by atoms with Crippen LogP contribution in [0.3, 0.4) is 0 Å². The van der Waals surface area contributed by atoms with Crippen LogP contribution in [0.4, 0.5) is 0 Å². The fraction of sp³-hybridized carbons (Fsp3) is 0.400. The zero-order valence-corrected chi connectivity index (χ0v) is 15.5. The third-order valence-corrected chi connectivity index (χ3v) is 6.12. The van der Waals surface area contributed by atoms with Gasteiger partial charge in [0.25, 0.3) is 5.91 Å². The van der Waals surface area contributed by atoms with Gasteiger partial charge in [0.05, 0.1) is 17.1 Å². The van der Waals surface area contributed by atoms with Gasteiger partial charge < -0.3 is 5.32 Å². The first-order chi connectivity index (χ1) is 12.1. The molecule has 2 heterocycles. The third kappa shape index (κ3) is 3.33. The van der Waals surface area contributed by atoms with E-state index in [0.29, 0.717) is 6.04 Å². The van der Waals surface area contributed by atoms with E-state index in [0.717, 1.165) is 40.2 Å². The number of hydrogen-bond donors (Lipinski definition) is 1. The van der Waals surface area contributed by atoms with E-state index < -0.39 is 0 Å². The van der Waals surface area contributed by atoms with Crippen LogP contribution < -0.4 is 5.32 Å². The molecule has 0 aliphatic heterocycles. The number of benzene rings is 1. The van der Waals surface area contributed by atoms with Crippen molar-refractivity contribution in [3.63, 3.8) is 0 Å². The first kappa shape index (κ1) is 16.3. The Balaban J connectivity index is 1.59. The van der Waals surface area contributed by atoms with E-state index in [2.05, 4.69) is 41.6 Å². The van der Waals surface area contributed by atoms with Crippen molar-refractivity contribution in [3.8, 4) is 0 Å². The quantitative estimate of drug-likeness (QED) is 0.754. The summed E-state index contributed by atoms with van der Waals surface area (Å²) in [5.74, 6) is 0.0642. The summed E-state index contributed by atoms with van der Waals surface area (Å²) < 4.78 is 2.02. The highest BCUT2D eigenvalue weighted by Crippen LogP contribution is 2.29. The SMILES string of the molecule is Cc1ccc(Cn2nc(C)c3cc(C(=O)NC4CCCC4)sc32)cc1. The van der Waals surface area contributed by atoms with Crippen molar-refractivity contribution in [2.45, 2.75) is 52.1 Å². The maximum absolute atomic E-state index is 12.6. The number of fused-ring (bicyclic) bond motifs is 1. The van der Waals surface area contributed by atoms with Crippen LogP contribution in [0.5, 0.6) is 0 Å². The molecule has 0 atom stereocenters. The van der Waals surface area contributed by atoms with E-state index >= 15 is 0 Å². The van der Waals surface area contributed by atoms with Crippen LogP contribution in [0.25, 0.3) is 10.2 Å². The maximum Gasteiger partial charge on any atom is 0.261 e. The maximum atomic E-state index is 12.6. The second kappa shape index (κ2) is 6.64. The predicted molar refractivity (Wildman–Crippen MR) is 102 cm³/mol. The van der Waals surface area contributed by atoms with Crippen LogP contribution in [0.1, 0.15) is 52.2 Å². The predicted octanol–water partition coefficient (Wildman–Crippen LogP) is 4.44. The molecule has 4 rings (SSSR count). The highest BCUT2D eigenvalue weighted by Gasteiger charge is 2.21. The molecule has 0 radical (unpaired) electrons. The zero-order chi connectivity index (χ0) is 17.4. The van der Waals surface area contributed by atoms with E-state index in [-0.39, 0.29) is 5.91 Å². The van der Waals surface area contributed by atoms with Crippen molar-refractivity contribution in [2.75, 3.05) is 0 Å². The summed E-state index contributed by atoms with van der Waals surface area (Å²) in [6, 6.07) is 10.9. The number of carbonyl (C=O) groups excluding carboxylic acids is 1. The lowest BCUT2D eigenvalue weighted by molar-refractivity contribution is 0.0942. The topological polar surface area (TPSA) is 46.9 Å². The minimum Gasteiger partial charge on any atom is -0.349 e. The number of nitrogens with one attached hydrogen (secondary N) is 1. The van der Waals surface area contributed by atoms with E-state index in [9.17, 15) is 4.79 Å². The Bertz CT molecular complexity index is 901. The molecule has 5 heteroatoms. The number of thiophene rings is 1. The Kier molecular flexibility index (Phi) is 4.34. The smallest absolute Gasteiger partial charge is 0.261 e. The van der Waals surface area contributed by atoms with E-state index in [1.54, 1.807) is 11.3 Å². The number of nitrogens with zero attached hydrogens (tertiary/aromatic N) is 2. The van der Waals surface area contributed by atoms with Crippen molar-refractivity contribution in [1.29, 1.82) is 0 Å². The minimum absolute atomic E-state index is 0.0642. The summed E-state index contributed by atoms with van der Waals surface area (Å²) in [5, 5.41) is 8.94. The molecule has 1 saturated carbocycles. The van der Waals surface area contributed by atoms with Gasteiger partial charge in [-0.15, -0.1) is 11.3 Å². The molecule has 1 aliphatic rings. The average Bonchev–Trinajstić information content (AvgIpc) is 3.29. The van der Waals surface area contributed by atoms with Gasteiger partial charge in [-0.25, -0.2) is 0 Å². The van der Waals surface area contributed by atoms with Crippen LogP contribution in [0.2, 0.25) is 0 Å². The molecule has 0 bridgehead atoms. The van der Waals surface area contributed by atoms with Crippen LogP contribution in [-0.4, -0.2) is 21.7 Å². The molecule has 3 aromatic rings. The Hall–Kier alpha value is -2.14. The summed E-state index contributed by atoms with van der Waals surface area (Å²) in [6.45, 7) is 4.84. The molecule has 1 amide bonds. The van der Waals surface area contributed by atoms with Gasteiger partial charge in [0.1, 0.15) is 4.83 Å². The molecule has 1 aromatic carbocycles. The molecule has 130 valence electrons. The number of rotatable bonds is 4. The van der Waals surface area contributed by atoms with Gasteiger partial charge in [-0.2, -0.15) is 5.10 Å². The van der Waals surface area contributed by atoms with E-state index in [4.69, 9.17) is 0 Å². The highest BCUT2D eigenvalue weighted by atomic mass is 32.1. The Morgan fingerprint density at radius 2 is 1.96 bits per heavy atom. The molecule has 0 unspecified atom stereocenters. The monoisotopic (exact) mass is 353 g/mol. The van der Waals surface area contributed by atoms with Crippen molar-refractivity contribution in [2.24, 2.45) is 0 Å². The second-order valence-electron chi connectivity index (χ2n) is 7.01. The van der Waals surface area contributed by atoms with Gasteiger partial charge in [-0.05, 0) is 38.3 Å². The van der Waals surface area contributed by atoms with Crippen LogP contribution >= 0.6 is 11.3 Å². The largest absolute Gasteiger partial charge is 0.349 e. The molecule has 25 heavy (non-hydrogen) atoms. The standard InChI is InChI=1S/C20H23N3OS/c1-13-7-9-15(10-8-13)12-23-20-17(14(2)22-23)11-18(25-20)19(24)21-16-5-3-4-6-16/h7-11,16H,3-6,12H2,1-2H3,(H,21,24). The third-order valence-electron chi connectivity index (χ3n) is 4.97. The molecule has 2 aromatic heterocycles. The second-order valence-corrected chi connectivity index (χ2v) is 8.04. The molecule has 1 aliphatic carbocycles. The molecule has 0 spiro atoms. The van der Waals surface area contributed by atoms with Crippen LogP contribution in [-0.2, 0) is 6.54 Å². The summed E-state index contributed by atoms with van der Waals surface area (Å²) in [6.07, 6.45) is 4.66. The van der Waals surface area contributed by atoms with Crippen LogP contribution in [0.15, 0.2) is 30.3 Å². The first-order valence-corrected chi connectivity index (χ1v) is 9.75. The number of aromatic nitrogens is 2. The van der Waals surface area contributed by atoms with Gasteiger partial charge in [0, 0.05) is 11.4 Å². The molecule has 0 saturated heterocycles. The van der Waals surface area contributed by atoms with E-state index in [1.807, 2.05) is 17.7 Å². The lowest BCUT2D eigenvalue weighted by Crippen LogP contribution is -2.31. The molecular weight excluding hydrogens is 330 g/mol. The number of hydrogen-bond acceptors (Lipinski definition) is 3. The molecule has 4 nitrogen and oxygen atoms in total. The fourth-order valence-electron chi connectivity index (χ4n) is 3.52. The normalized spacial score (nSPS) is 15.1. The number of amides is 1. The number of carbonyl (C=O) groups is 1. The van der Waals surface area contributed by atoms with Gasteiger partial charge in [-0.3, -0.25) is 9.48 Å². The van der Waals surface area contributed by atoms with Crippen LogP contribution in [0, 0.1) is 13.8 Å². The highest BCUT2D eigenvalue weighted by molar-refractivity contribution is 7.20. The summed E-state index contributed by atoms with van der Waals surface area (Å²) >= 11 is 1.55. The fourth-order valence-corrected chi connectivity index (χ4v) is 4.59. The zero-order valence-electron chi connectivity index (χ0n) is 14.7. The lowest BCUT2D eigenvalue weighted by Gasteiger charge is -2.10. The van der Waals surface area contributed by atoms with Gasteiger partial charge in [0.15, 0.2) is 0 Å². The molecular formula is C20H23N3OS. The van der Waals surface area contributed by atoms with Gasteiger partial charge >= 0.3 is 0 Å². The molecule has 1 N–H and O–H groups in total. The molecule has 1 fully saturated rings. The summed E-state index contributed by atoms with van der Waals surface area (Å²) in [4.78, 5) is 14.4.